The molecule has 21 heavy (non-hydrogen) atoms. The summed E-state index contributed by atoms with van der Waals surface area (Å²) in [6.07, 6.45) is 2.20. The maximum atomic E-state index is 13.5. The highest BCUT2D eigenvalue weighted by Crippen LogP contribution is 2.20. The molecule has 6 nitrogen and oxygen atoms in total. The number of carbonyl (C=O) groups excluding carboxylic acids is 1. The van der Waals surface area contributed by atoms with Crippen LogP contribution in [0, 0.1) is 5.82 Å². The zero-order valence-corrected chi connectivity index (χ0v) is 13.4. The molecule has 1 atom stereocenters. The first kappa shape index (κ1) is 19.6. The lowest BCUT2D eigenvalue weighted by Crippen LogP contribution is -2.35. The van der Waals surface area contributed by atoms with Gasteiger partial charge in [0.1, 0.15) is 5.82 Å². The van der Waals surface area contributed by atoms with Crippen LogP contribution >= 0.6 is 12.4 Å². The van der Waals surface area contributed by atoms with Crippen molar-refractivity contribution in [2.75, 3.05) is 16.3 Å². The molecule has 0 aliphatic carbocycles. The van der Waals surface area contributed by atoms with E-state index >= 15 is 0 Å². The van der Waals surface area contributed by atoms with Gasteiger partial charge in [-0.05, 0) is 24.6 Å². The zero-order chi connectivity index (χ0) is 15.3. The van der Waals surface area contributed by atoms with Crippen LogP contribution in [-0.2, 0) is 14.8 Å². The fraction of sp³-hybridized carbons (Fsp3) is 0.417. The van der Waals surface area contributed by atoms with Gasteiger partial charge in [0.2, 0.25) is 15.9 Å². The van der Waals surface area contributed by atoms with Crippen LogP contribution in [0.2, 0.25) is 0 Å². The Labute approximate surface area is 129 Å². The highest BCUT2D eigenvalue weighted by Gasteiger charge is 2.14. The van der Waals surface area contributed by atoms with E-state index in [4.69, 9.17) is 5.73 Å². The Morgan fingerprint density at radius 1 is 1.43 bits per heavy atom. The number of amides is 1. The smallest absolute Gasteiger partial charge is 0.241 e. The largest absolute Gasteiger partial charge is 0.325 e. The summed E-state index contributed by atoms with van der Waals surface area (Å²) in [5.74, 6) is -1.13. The summed E-state index contributed by atoms with van der Waals surface area (Å²) in [7, 11) is -3.60. The van der Waals surface area contributed by atoms with Gasteiger partial charge in [-0.1, -0.05) is 13.3 Å². The van der Waals surface area contributed by atoms with E-state index in [1.807, 2.05) is 11.6 Å². The molecule has 0 spiro atoms. The molecule has 0 heterocycles. The van der Waals surface area contributed by atoms with Crippen molar-refractivity contribution in [2.24, 2.45) is 5.73 Å². The van der Waals surface area contributed by atoms with Gasteiger partial charge in [0.05, 0.1) is 18.0 Å². The van der Waals surface area contributed by atoms with Gasteiger partial charge in [-0.3, -0.25) is 9.52 Å². The maximum absolute atomic E-state index is 13.5. The molecular formula is C12H19ClFN3O3S. The predicted molar refractivity (Wildman–Crippen MR) is 83.6 cm³/mol. The van der Waals surface area contributed by atoms with Crippen molar-refractivity contribution in [3.05, 3.63) is 24.0 Å². The number of hydrogen-bond acceptors (Lipinski definition) is 4. The van der Waals surface area contributed by atoms with Gasteiger partial charge in [0.15, 0.2) is 0 Å². The highest BCUT2D eigenvalue weighted by molar-refractivity contribution is 7.92. The van der Waals surface area contributed by atoms with Gasteiger partial charge < -0.3 is 11.1 Å². The van der Waals surface area contributed by atoms with Crippen molar-refractivity contribution in [3.8, 4) is 0 Å². The van der Waals surface area contributed by atoms with Crippen LogP contribution in [0.25, 0.3) is 0 Å². The van der Waals surface area contributed by atoms with E-state index in [1.165, 1.54) is 12.1 Å². The normalized spacial score (nSPS) is 12.2. The molecule has 0 aliphatic rings. The Morgan fingerprint density at radius 3 is 2.57 bits per heavy atom. The lowest BCUT2D eigenvalue weighted by atomic mass is 10.1. The lowest BCUT2D eigenvalue weighted by Gasteiger charge is -2.12. The summed E-state index contributed by atoms with van der Waals surface area (Å²) in [5, 5.41) is 2.51. The molecule has 1 unspecified atom stereocenters. The Bertz CT molecular complexity index is 595. The first-order valence-corrected chi connectivity index (χ1v) is 7.96. The number of nitrogens with two attached hydrogens (primary N) is 1. The molecule has 1 aromatic carbocycles. The van der Waals surface area contributed by atoms with Crippen LogP contribution in [0.3, 0.4) is 0 Å². The van der Waals surface area contributed by atoms with Crippen LogP contribution in [-0.4, -0.2) is 26.6 Å². The maximum Gasteiger partial charge on any atom is 0.241 e. The van der Waals surface area contributed by atoms with Crippen molar-refractivity contribution in [3.63, 3.8) is 0 Å². The third kappa shape index (κ3) is 6.74. The first-order chi connectivity index (χ1) is 9.23. The first-order valence-electron chi connectivity index (χ1n) is 6.06. The monoisotopic (exact) mass is 339 g/mol. The number of hydrogen-bond donors (Lipinski definition) is 3. The summed E-state index contributed by atoms with van der Waals surface area (Å²) in [5.41, 5.74) is 5.69. The molecule has 0 saturated heterocycles. The molecule has 1 aromatic rings. The van der Waals surface area contributed by atoms with Crippen LogP contribution in [0.4, 0.5) is 15.8 Å². The molecule has 0 aliphatic heterocycles. The van der Waals surface area contributed by atoms with Crippen molar-refractivity contribution in [1.29, 1.82) is 0 Å². The topological polar surface area (TPSA) is 101 Å². The average molecular weight is 340 g/mol. The zero-order valence-electron chi connectivity index (χ0n) is 11.7. The van der Waals surface area contributed by atoms with E-state index in [1.54, 1.807) is 0 Å². The van der Waals surface area contributed by atoms with Crippen molar-refractivity contribution in [1.82, 2.24) is 0 Å². The van der Waals surface area contributed by atoms with E-state index < -0.39 is 27.8 Å². The van der Waals surface area contributed by atoms with Gasteiger partial charge in [-0.15, -0.1) is 12.4 Å². The fourth-order valence-electron chi connectivity index (χ4n) is 1.56. The number of rotatable bonds is 6. The quantitative estimate of drug-likeness (QED) is 0.734. The third-order valence-corrected chi connectivity index (χ3v) is 3.06. The average Bonchev–Trinajstić information content (AvgIpc) is 2.32. The fourth-order valence-corrected chi connectivity index (χ4v) is 2.11. The number of nitrogens with one attached hydrogen (secondary N) is 2. The molecule has 0 saturated carbocycles. The number of anilines is 2. The number of carbonyl (C=O) groups is 1. The van der Waals surface area contributed by atoms with Crippen molar-refractivity contribution < 1.29 is 17.6 Å². The third-order valence-electron chi connectivity index (χ3n) is 2.47. The Hall–Kier alpha value is -1.38. The van der Waals surface area contributed by atoms with Gasteiger partial charge in [0.25, 0.3) is 0 Å². The van der Waals surface area contributed by atoms with Crippen LogP contribution in [0.1, 0.15) is 19.8 Å². The molecule has 0 radical (unpaired) electrons. The van der Waals surface area contributed by atoms with E-state index in [9.17, 15) is 17.6 Å². The Kier molecular flexibility index (Phi) is 7.62. The lowest BCUT2D eigenvalue weighted by molar-refractivity contribution is -0.117. The summed E-state index contributed by atoms with van der Waals surface area (Å²) < 4.78 is 37.7. The van der Waals surface area contributed by atoms with Crippen molar-refractivity contribution >= 4 is 39.7 Å². The second-order valence-electron chi connectivity index (χ2n) is 4.45. The summed E-state index contributed by atoms with van der Waals surface area (Å²) >= 11 is 0. The predicted octanol–water partition coefficient (Wildman–Crippen LogP) is 1.68. The van der Waals surface area contributed by atoms with Crippen molar-refractivity contribution in [2.45, 2.75) is 25.8 Å². The molecule has 0 fully saturated rings. The van der Waals surface area contributed by atoms with E-state index in [-0.39, 0.29) is 23.8 Å². The van der Waals surface area contributed by atoms with E-state index in [2.05, 4.69) is 5.32 Å². The minimum Gasteiger partial charge on any atom is -0.325 e. The Balaban J connectivity index is 0.00000400. The summed E-state index contributed by atoms with van der Waals surface area (Å²) in [4.78, 5) is 11.7. The molecule has 1 amide bonds. The summed E-state index contributed by atoms with van der Waals surface area (Å²) in [6, 6.07) is 2.94. The standard InChI is InChI=1S/C12H18FN3O3S.ClH/c1-3-4-10(14)12(17)15-8-5-6-9(13)11(7-8)16-20(2,18)19;/h5-7,10,16H,3-4,14H2,1-2H3,(H,15,17);1H. The van der Waals surface area contributed by atoms with Crippen LogP contribution in [0.15, 0.2) is 18.2 Å². The van der Waals surface area contributed by atoms with Gasteiger partial charge in [-0.2, -0.15) is 0 Å². The molecular weight excluding hydrogens is 321 g/mol. The molecule has 4 N–H and O–H groups in total. The molecule has 1 rings (SSSR count). The Morgan fingerprint density at radius 2 is 2.05 bits per heavy atom. The van der Waals surface area contributed by atoms with Crippen LogP contribution in [0.5, 0.6) is 0 Å². The molecule has 0 aromatic heterocycles. The second-order valence-corrected chi connectivity index (χ2v) is 6.20. The molecule has 0 bridgehead atoms. The van der Waals surface area contributed by atoms with E-state index in [0.29, 0.717) is 6.42 Å². The van der Waals surface area contributed by atoms with Gasteiger partial charge in [-0.25, -0.2) is 12.8 Å². The number of benzene rings is 1. The minimum absolute atomic E-state index is 0. The summed E-state index contributed by atoms with van der Waals surface area (Å²) in [6.45, 7) is 1.90. The molecule has 9 heteroatoms. The van der Waals surface area contributed by atoms with Gasteiger partial charge in [0, 0.05) is 5.69 Å². The minimum atomic E-state index is -3.60. The SMILES string of the molecule is CCCC(N)C(=O)Nc1ccc(F)c(NS(C)(=O)=O)c1.Cl. The molecule has 120 valence electrons. The van der Waals surface area contributed by atoms with E-state index in [0.717, 1.165) is 18.7 Å². The highest BCUT2D eigenvalue weighted by atomic mass is 35.5. The second kappa shape index (κ2) is 8.16. The van der Waals surface area contributed by atoms with Crippen LogP contribution < -0.4 is 15.8 Å². The number of sulfonamides is 1. The number of halogens is 2. The van der Waals surface area contributed by atoms with Gasteiger partial charge >= 0.3 is 0 Å².